The molecule has 1 saturated heterocycles. The first-order valence-corrected chi connectivity index (χ1v) is 19.9. The fraction of sp³-hybridized carbons (Fsp3) is 0.341. The molecular weight excluding hydrogens is 681 g/mol. The van der Waals surface area contributed by atoms with Gasteiger partial charge in [0.2, 0.25) is 0 Å². The maximum absolute atomic E-state index is 13.4. The summed E-state index contributed by atoms with van der Waals surface area (Å²) in [6.45, 7) is 9.82. The predicted octanol–water partition coefficient (Wildman–Crippen LogP) is 6.26. The minimum absolute atomic E-state index is 0.00986. The molecule has 5 atom stereocenters. The van der Waals surface area contributed by atoms with Crippen LogP contribution in [0, 0.1) is 6.92 Å². The summed E-state index contributed by atoms with van der Waals surface area (Å²) in [5.74, 6) is -1.49. The zero-order valence-electron chi connectivity index (χ0n) is 29.7. The third-order valence-corrected chi connectivity index (χ3v) is 15.1. The van der Waals surface area contributed by atoms with Crippen LogP contribution in [0.5, 0.6) is 0 Å². The number of aliphatic hydroxyl groups excluding tert-OH is 1. The number of thioether (sulfide) groups is 1. The highest BCUT2D eigenvalue weighted by molar-refractivity contribution is 7.99. The van der Waals surface area contributed by atoms with E-state index in [-0.39, 0.29) is 30.3 Å². The van der Waals surface area contributed by atoms with Gasteiger partial charge in [-0.15, -0.1) is 0 Å². The van der Waals surface area contributed by atoms with Crippen molar-refractivity contribution in [1.29, 1.82) is 0 Å². The van der Waals surface area contributed by atoms with Crippen LogP contribution in [0.25, 0.3) is 0 Å². The summed E-state index contributed by atoms with van der Waals surface area (Å²) >= 11 is 1.30. The quantitative estimate of drug-likeness (QED) is 0.126. The van der Waals surface area contributed by atoms with Gasteiger partial charge in [0.05, 0.1) is 18.6 Å². The molecule has 0 aliphatic carbocycles. The lowest BCUT2D eigenvalue weighted by molar-refractivity contribution is -0.220. The number of carbonyl (C=O) groups excluding carboxylic acids is 3. The molecule has 1 N–H and O–H groups in total. The molecule has 5 rings (SSSR count). The van der Waals surface area contributed by atoms with Crippen molar-refractivity contribution in [3.63, 3.8) is 0 Å². The van der Waals surface area contributed by atoms with Crippen molar-refractivity contribution >= 4 is 48.2 Å². The first-order chi connectivity index (χ1) is 24.4. The van der Waals surface area contributed by atoms with Crippen molar-refractivity contribution in [1.82, 2.24) is 0 Å². The summed E-state index contributed by atoms with van der Waals surface area (Å²) in [6, 6.07) is 36.5. The number of Topliss-reactive ketones (excluding diaryl/α,β-unsaturated/α-hetero) is 1. The number of aryl methyl sites for hydroxylation is 1. The van der Waals surface area contributed by atoms with Gasteiger partial charge in [0.1, 0.15) is 23.4 Å². The maximum atomic E-state index is 13.4. The maximum Gasteiger partial charge on any atom is 0.338 e. The number of ether oxygens (including phenoxy) is 3. The number of esters is 2. The van der Waals surface area contributed by atoms with E-state index in [0.717, 1.165) is 20.8 Å². The van der Waals surface area contributed by atoms with Crippen molar-refractivity contribution in [2.75, 3.05) is 6.61 Å². The molecule has 0 bridgehead atoms. The number of benzene rings is 4. The Hall–Kier alpha value is -4.06. The van der Waals surface area contributed by atoms with Gasteiger partial charge in [-0.25, -0.2) is 4.79 Å². The number of aliphatic hydroxyl groups is 1. The Labute approximate surface area is 305 Å². The van der Waals surface area contributed by atoms with Gasteiger partial charge in [-0.3, -0.25) is 4.79 Å². The van der Waals surface area contributed by atoms with Gasteiger partial charge < -0.3 is 28.5 Å². The third kappa shape index (κ3) is 9.25. The average Bonchev–Trinajstić information content (AvgIpc) is 3.12. The van der Waals surface area contributed by atoms with Gasteiger partial charge in [0, 0.05) is 11.3 Å². The summed E-state index contributed by atoms with van der Waals surface area (Å²) in [5.41, 5.74) is 0.483. The van der Waals surface area contributed by atoms with E-state index < -0.39 is 50.1 Å². The summed E-state index contributed by atoms with van der Waals surface area (Å²) in [6.07, 6.45) is -5.12. The SMILES string of the molecule is CC(=O)CCC(=O)O[C@@H]1[C@H](O)[C@@H](OC(=O)c2ccccc2)[C@H](Sc2ccc(C)cc2)O[C@@H]1CO[Si](c1ccccc1)(c1ccccc1)C(C)(C)C. The smallest absolute Gasteiger partial charge is 0.338 e. The Morgan fingerprint density at radius 2 is 1.31 bits per heavy atom. The number of hydrogen-bond acceptors (Lipinski definition) is 9. The number of rotatable bonds is 13. The van der Waals surface area contributed by atoms with E-state index in [2.05, 4.69) is 45.0 Å². The normalized spacial score (nSPS) is 20.7. The molecule has 0 saturated carbocycles. The average molecular weight is 727 g/mol. The molecule has 0 spiro atoms. The Balaban J connectivity index is 1.55. The summed E-state index contributed by atoms with van der Waals surface area (Å²) in [7, 11) is -3.08. The van der Waals surface area contributed by atoms with E-state index in [1.807, 2.05) is 67.6 Å². The zero-order chi connectivity index (χ0) is 36.6. The van der Waals surface area contributed by atoms with Crippen LogP contribution in [0.1, 0.15) is 56.5 Å². The Morgan fingerprint density at radius 1 is 0.765 bits per heavy atom. The van der Waals surface area contributed by atoms with E-state index in [1.54, 1.807) is 30.3 Å². The minimum Gasteiger partial charge on any atom is -0.457 e. The van der Waals surface area contributed by atoms with Crippen LogP contribution in [0.15, 0.2) is 120 Å². The van der Waals surface area contributed by atoms with Crippen LogP contribution in [-0.2, 0) is 28.2 Å². The second-order valence-corrected chi connectivity index (χ2v) is 19.3. The number of ketones is 1. The number of hydrogen-bond donors (Lipinski definition) is 1. The number of carbonyl (C=O) groups is 3. The molecule has 1 aliphatic rings. The van der Waals surface area contributed by atoms with Crippen LogP contribution in [0.2, 0.25) is 5.04 Å². The fourth-order valence-corrected chi connectivity index (χ4v) is 12.0. The van der Waals surface area contributed by atoms with Crippen molar-refractivity contribution in [3.8, 4) is 0 Å². The molecular formula is C41H46O8SSi. The molecule has 4 aromatic carbocycles. The monoisotopic (exact) mass is 726 g/mol. The lowest BCUT2D eigenvalue weighted by atomic mass is 9.99. The van der Waals surface area contributed by atoms with Gasteiger partial charge in [0.25, 0.3) is 8.32 Å². The Bertz CT molecular complexity index is 1710. The summed E-state index contributed by atoms with van der Waals surface area (Å²) in [4.78, 5) is 39.2. The van der Waals surface area contributed by atoms with Gasteiger partial charge in [0.15, 0.2) is 12.2 Å². The van der Waals surface area contributed by atoms with Crippen molar-refractivity contribution in [3.05, 3.63) is 126 Å². The van der Waals surface area contributed by atoms with Crippen molar-refractivity contribution in [2.45, 2.75) is 87.2 Å². The Morgan fingerprint density at radius 3 is 1.84 bits per heavy atom. The van der Waals surface area contributed by atoms with Gasteiger partial charge in [-0.1, -0.05) is 129 Å². The Kier molecular flexibility index (Phi) is 12.7. The second-order valence-electron chi connectivity index (χ2n) is 13.8. The van der Waals surface area contributed by atoms with E-state index in [4.69, 9.17) is 18.6 Å². The van der Waals surface area contributed by atoms with E-state index in [0.29, 0.717) is 5.56 Å². The summed E-state index contributed by atoms with van der Waals surface area (Å²) in [5, 5.41) is 13.8. The van der Waals surface area contributed by atoms with Crippen LogP contribution < -0.4 is 10.4 Å². The molecule has 0 aromatic heterocycles. The molecule has 0 unspecified atom stereocenters. The molecule has 1 fully saturated rings. The van der Waals surface area contributed by atoms with Gasteiger partial charge >= 0.3 is 11.9 Å². The van der Waals surface area contributed by atoms with E-state index >= 15 is 0 Å². The zero-order valence-corrected chi connectivity index (χ0v) is 31.5. The van der Waals surface area contributed by atoms with Crippen LogP contribution in [0.4, 0.5) is 0 Å². The molecule has 1 aliphatic heterocycles. The van der Waals surface area contributed by atoms with Gasteiger partial charge in [-0.05, 0) is 53.5 Å². The standard InChI is InChI=1S/C41H46O8SSi/c1-28-21-24-31(25-22-28)50-40-38(49-39(45)30-15-9-6-10-16-30)36(44)37(48-35(43)26-23-29(2)42)34(47-40)27-46-51(41(3,4)5,32-17-11-7-12-18-32)33-19-13-8-14-20-33/h6-22,24-25,34,36-38,40,44H,23,26-27H2,1-5H3/t34-,36+,37+,38-,40+/m1/s1. The molecule has 10 heteroatoms. The molecule has 1 heterocycles. The van der Waals surface area contributed by atoms with Gasteiger partial charge in [-0.2, -0.15) is 0 Å². The highest BCUT2D eigenvalue weighted by atomic mass is 32.2. The second kappa shape index (κ2) is 17.0. The van der Waals surface area contributed by atoms with Crippen molar-refractivity contribution in [2.24, 2.45) is 0 Å². The molecule has 0 radical (unpaired) electrons. The summed E-state index contributed by atoms with van der Waals surface area (Å²) < 4.78 is 25.9. The topological polar surface area (TPSA) is 108 Å². The van der Waals surface area contributed by atoms with Crippen LogP contribution >= 0.6 is 11.8 Å². The van der Waals surface area contributed by atoms with Crippen LogP contribution in [-0.4, -0.2) is 67.6 Å². The molecule has 51 heavy (non-hydrogen) atoms. The lowest BCUT2D eigenvalue weighted by Gasteiger charge is -2.47. The molecule has 4 aromatic rings. The van der Waals surface area contributed by atoms with E-state index in [9.17, 15) is 19.5 Å². The third-order valence-electron chi connectivity index (χ3n) is 8.97. The van der Waals surface area contributed by atoms with Crippen LogP contribution in [0.3, 0.4) is 0 Å². The van der Waals surface area contributed by atoms with Crippen molar-refractivity contribution < 1.29 is 38.1 Å². The predicted molar refractivity (Wildman–Crippen MR) is 201 cm³/mol. The minimum atomic E-state index is -3.08. The fourth-order valence-electron chi connectivity index (χ4n) is 6.37. The largest absolute Gasteiger partial charge is 0.457 e. The molecule has 8 nitrogen and oxygen atoms in total. The first-order valence-electron chi connectivity index (χ1n) is 17.2. The van der Waals surface area contributed by atoms with E-state index in [1.165, 1.54) is 18.7 Å². The highest BCUT2D eigenvalue weighted by Crippen LogP contribution is 2.40. The lowest BCUT2D eigenvalue weighted by Crippen LogP contribution is -2.68. The molecule has 268 valence electrons. The first kappa shape index (κ1) is 38.2. The molecule has 0 amide bonds. The highest BCUT2D eigenvalue weighted by Gasteiger charge is 2.54.